The van der Waals surface area contributed by atoms with Gasteiger partial charge < -0.3 is 14.6 Å². The van der Waals surface area contributed by atoms with Crippen LogP contribution in [-0.4, -0.2) is 77.2 Å². The van der Waals surface area contributed by atoms with E-state index in [0.717, 1.165) is 44.5 Å². The molecule has 0 radical (unpaired) electrons. The van der Waals surface area contributed by atoms with E-state index in [2.05, 4.69) is 15.0 Å². The molecule has 1 aromatic carbocycles. The van der Waals surface area contributed by atoms with Gasteiger partial charge in [-0.3, -0.25) is 9.48 Å². The Morgan fingerprint density at radius 2 is 1.92 bits per heavy atom. The predicted molar refractivity (Wildman–Crippen MR) is 140 cm³/mol. The highest BCUT2D eigenvalue weighted by molar-refractivity contribution is 7.89. The number of aromatic nitrogens is 4. The van der Waals surface area contributed by atoms with Crippen molar-refractivity contribution in [1.82, 2.24) is 29.0 Å². The van der Waals surface area contributed by atoms with Crippen LogP contribution < -0.4 is 10.3 Å². The normalized spacial score (nSPS) is 14.8. The highest BCUT2D eigenvalue weighted by Crippen LogP contribution is 2.32. The zero-order chi connectivity index (χ0) is 25.9. The lowest BCUT2D eigenvalue weighted by Crippen LogP contribution is -2.35. The van der Waals surface area contributed by atoms with Crippen LogP contribution in [0, 0.1) is 0 Å². The van der Waals surface area contributed by atoms with Crippen molar-refractivity contribution in [3.63, 3.8) is 0 Å². The fourth-order valence-corrected chi connectivity index (χ4v) is 5.75. The molecule has 1 fully saturated rings. The van der Waals surface area contributed by atoms with E-state index in [9.17, 15) is 13.2 Å². The molecule has 0 amide bonds. The lowest BCUT2D eigenvalue weighted by molar-refractivity contribution is 0.310. The highest BCUT2D eigenvalue weighted by Gasteiger charge is 2.25. The highest BCUT2D eigenvalue weighted by atomic mass is 32.2. The molecule has 0 atom stereocenters. The average molecular weight is 517 g/mol. The smallest absolute Gasteiger partial charge is 0.277 e. The molecule has 0 bridgehead atoms. The first kappa shape index (κ1) is 26.3. The molecule has 3 aromatic rings. The molecule has 2 aromatic heterocycles. The van der Waals surface area contributed by atoms with Crippen LogP contribution in [0.3, 0.4) is 0 Å². The molecule has 1 N–H and O–H groups in total. The number of fused-ring (bicyclic) bond motifs is 1. The maximum absolute atomic E-state index is 13.4. The minimum absolute atomic E-state index is 0.132. The van der Waals surface area contributed by atoms with Crippen molar-refractivity contribution < 1.29 is 13.2 Å². The number of hydrogen-bond acceptors (Lipinski definition) is 7. The molecule has 3 heterocycles. The number of ether oxygens (including phenoxy) is 1. The number of likely N-dealkylation sites (tertiary alicyclic amines) is 1. The Morgan fingerprint density at radius 3 is 2.61 bits per heavy atom. The van der Waals surface area contributed by atoms with Crippen LogP contribution in [0.4, 0.5) is 0 Å². The molecule has 11 heteroatoms. The predicted octanol–water partition coefficient (Wildman–Crippen LogP) is 2.78. The standard InChI is InChI=1S/C25H36N6O4S/c1-5-9-20-22-23(30(4)28-20)25(32)27-24(26-22)19-17-18(10-11-21(19)35-16-6-2)36(33,34)29(3)14-15-31-12-7-8-13-31/h10-11,17H,5-9,12-16H2,1-4H3,(H,26,27,32). The Balaban J connectivity index is 1.75. The summed E-state index contributed by atoms with van der Waals surface area (Å²) in [6.07, 6.45) is 4.64. The number of benzene rings is 1. The van der Waals surface area contributed by atoms with E-state index in [0.29, 0.717) is 48.5 Å². The summed E-state index contributed by atoms with van der Waals surface area (Å²) in [5, 5.41) is 4.48. The number of aromatic amines is 1. The first-order chi connectivity index (χ1) is 17.3. The molecule has 0 spiro atoms. The largest absolute Gasteiger partial charge is 0.493 e. The third-order valence-corrected chi connectivity index (χ3v) is 8.41. The summed E-state index contributed by atoms with van der Waals surface area (Å²) in [5.74, 6) is 0.736. The van der Waals surface area contributed by atoms with Gasteiger partial charge in [-0.2, -0.15) is 9.40 Å². The van der Waals surface area contributed by atoms with Gasteiger partial charge in [-0.1, -0.05) is 20.3 Å². The van der Waals surface area contributed by atoms with Gasteiger partial charge in [0.25, 0.3) is 5.56 Å². The Bertz CT molecular complexity index is 1380. The summed E-state index contributed by atoms with van der Waals surface area (Å²) in [6.45, 7) is 7.62. The van der Waals surface area contributed by atoms with Gasteiger partial charge >= 0.3 is 0 Å². The second-order valence-corrected chi connectivity index (χ2v) is 11.4. The minimum Gasteiger partial charge on any atom is -0.493 e. The van der Waals surface area contributed by atoms with Gasteiger partial charge in [-0.05, 0) is 57.0 Å². The Morgan fingerprint density at radius 1 is 1.17 bits per heavy atom. The molecule has 36 heavy (non-hydrogen) atoms. The van der Waals surface area contributed by atoms with E-state index in [4.69, 9.17) is 9.72 Å². The van der Waals surface area contributed by atoms with Gasteiger partial charge in [-0.25, -0.2) is 13.4 Å². The van der Waals surface area contributed by atoms with Crippen LogP contribution in [0.15, 0.2) is 27.9 Å². The molecule has 0 saturated carbocycles. The maximum atomic E-state index is 13.4. The Hall–Kier alpha value is -2.76. The second kappa shape index (κ2) is 11.1. The summed E-state index contributed by atoms with van der Waals surface area (Å²) in [5.41, 5.74) is 1.76. The summed E-state index contributed by atoms with van der Waals surface area (Å²) < 4.78 is 35.7. The molecular formula is C25H36N6O4S. The SMILES string of the molecule is CCCOc1ccc(S(=O)(=O)N(C)CCN2CCCC2)cc1-c1nc2c(CCC)nn(C)c2c(=O)[nH]1. The van der Waals surface area contributed by atoms with E-state index in [1.165, 1.54) is 4.31 Å². The number of sulfonamides is 1. The van der Waals surface area contributed by atoms with Crippen LogP contribution in [-0.2, 0) is 23.5 Å². The molecule has 10 nitrogen and oxygen atoms in total. The van der Waals surface area contributed by atoms with Gasteiger partial charge in [0.15, 0.2) is 5.52 Å². The Labute approximate surface area is 212 Å². The first-order valence-electron chi connectivity index (χ1n) is 12.7. The van der Waals surface area contributed by atoms with Gasteiger partial charge in [0.1, 0.15) is 17.1 Å². The monoisotopic (exact) mass is 516 g/mol. The van der Waals surface area contributed by atoms with Crippen LogP contribution in [0.25, 0.3) is 22.4 Å². The van der Waals surface area contributed by atoms with Crippen molar-refractivity contribution in [2.45, 2.75) is 50.8 Å². The fraction of sp³-hybridized carbons (Fsp3) is 0.560. The maximum Gasteiger partial charge on any atom is 0.277 e. The number of H-pyrrole nitrogens is 1. The van der Waals surface area contributed by atoms with Crippen molar-refractivity contribution in [1.29, 1.82) is 0 Å². The summed E-state index contributed by atoms with van der Waals surface area (Å²) in [6, 6.07) is 4.75. The molecule has 1 aliphatic heterocycles. The molecule has 1 aliphatic rings. The van der Waals surface area contributed by atoms with Crippen LogP contribution in [0.5, 0.6) is 5.75 Å². The zero-order valence-corrected chi connectivity index (χ0v) is 22.4. The lowest BCUT2D eigenvalue weighted by Gasteiger charge is -2.22. The number of aryl methyl sites for hydroxylation is 2. The van der Waals surface area contributed by atoms with E-state index in [1.54, 1.807) is 37.0 Å². The first-order valence-corrected chi connectivity index (χ1v) is 14.1. The molecule has 0 aliphatic carbocycles. The topological polar surface area (TPSA) is 113 Å². The quantitative estimate of drug-likeness (QED) is 0.417. The fourth-order valence-electron chi connectivity index (χ4n) is 4.56. The second-order valence-electron chi connectivity index (χ2n) is 9.31. The van der Waals surface area contributed by atoms with Crippen molar-refractivity contribution in [2.75, 3.05) is 39.8 Å². The number of nitrogens with zero attached hydrogens (tertiary/aromatic N) is 5. The minimum atomic E-state index is -3.75. The van der Waals surface area contributed by atoms with E-state index in [-0.39, 0.29) is 16.3 Å². The van der Waals surface area contributed by atoms with Crippen molar-refractivity contribution in [3.05, 3.63) is 34.2 Å². The summed E-state index contributed by atoms with van der Waals surface area (Å²) in [4.78, 5) is 23.0. The number of hydrogen-bond donors (Lipinski definition) is 1. The van der Waals surface area contributed by atoms with Crippen LogP contribution >= 0.6 is 0 Å². The van der Waals surface area contributed by atoms with Gasteiger partial charge in [0, 0.05) is 27.2 Å². The van der Waals surface area contributed by atoms with Gasteiger partial charge in [-0.15, -0.1) is 0 Å². The number of nitrogens with one attached hydrogen (secondary N) is 1. The van der Waals surface area contributed by atoms with Gasteiger partial charge in [0.05, 0.1) is 22.8 Å². The van der Waals surface area contributed by atoms with Crippen molar-refractivity contribution in [3.8, 4) is 17.1 Å². The number of rotatable bonds is 11. The number of likely N-dealkylation sites (N-methyl/N-ethyl adjacent to an activating group) is 1. The van der Waals surface area contributed by atoms with E-state index in [1.807, 2.05) is 13.8 Å². The molecule has 0 unspecified atom stereocenters. The Kier molecular flexibility index (Phi) is 8.11. The van der Waals surface area contributed by atoms with E-state index < -0.39 is 10.0 Å². The zero-order valence-electron chi connectivity index (χ0n) is 21.6. The molecule has 4 rings (SSSR count). The average Bonchev–Trinajstić information content (AvgIpc) is 3.49. The molecule has 196 valence electrons. The third kappa shape index (κ3) is 5.33. The van der Waals surface area contributed by atoms with Crippen LogP contribution in [0.2, 0.25) is 0 Å². The molecular weight excluding hydrogens is 480 g/mol. The summed E-state index contributed by atoms with van der Waals surface area (Å²) >= 11 is 0. The van der Waals surface area contributed by atoms with E-state index >= 15 is 0 Å². The summed E-state index contributed by atoms with van der Waals surface area (Å²) in [7, 11) is -0.425. The van der Waals surface area contributed by atoms with Crippen molar-refractivity contribution >= 4 is 21.1 Å². The lowest BCUT2D eigenvalue weighted by atomic mass is 10.1. The van der Waals surface area contributed by atoms with Crippen LogP contribution in [0.1, 0.15) is 45.2 Å². The third-order valence-electron chi connectivity index (χ3n) is 6.56. The van der Waals surface area contributed by atoms with Crippen molar-refractivity contribution in [2.24, 2.45) is 7.05 Å². The molecule has 1 saturated heterocycles. The van der Waals surface area contributed by atoms with Gasteiger partial charge in [0.2, 0.25) is 10.0 Å².